The number of rotatable bonds is 6. The van der Waals surface area contributed by atoms with Crippen LogP contribution in [0.15, 0.2) is 57.4 Å². The average molecular weight is 529 g/mol. The lowest BCUT2D eigenvalue weighted by molar-refractivity contribution is 0.0579. The van der Waals surface area contributed by atoms with Gasteiger partial charge >= 0.3 is 0 Å². The van der Waals surface area contributed by atoms with Gasteiger partial charge in [-0.1, -0.05) is 41.5 Å². The lowest BCUT2D eigenvalue weighted by Gasteiger charge is -2.24. The van der Waals surface area contributed by atoms with Crippen LogP contribution in [0.5, 0.6) is 0 Å². The van der Waals surface area contributed by atoms with Gasteiger partial charge in [0, 0.05) is 11.1 Å². The molecule has 204 valence electrons. The first kappa shape index (κ1) is 29.1. The molecule has 0 spiro atoms. The first-order chi connectivity index (χ1) is 17.7. The van der Waals surface area contributed by atoms with Crippen molar-refractivity contribution in [3.8, 4) is 22.9 Å². The zero-order valence-corrected chi connectivity index (χ0v) is 22.4. The minimum Gasteiger partial charge on any atom is -0.421 e. The Morgan fingerprint density at radius 2 is 0.921 bits per heavy atom. The van der Waals surface area contributed by atoms with Gasteiger partial charge in [0.15, 0.2) is 0 Å². The summed E-state index contributed by atoms with van der Waals surface area (Å²) in [6.07, 6.45) is -0.516. The van der Waals surface area contributed by atoms with Crippen LogP contribution in [0.1, 0.15) is 53.3 Å². The first-order valence-corrected chi connectivity index (χ1v) is 12.2. The molecule has 0 fully saturated rings. The SMILES string of the molecule is CC(C)(C)[C@@H](O)Cc1nnc(-c2ccc(F)cc2)o1.CC(C)(C)[C@H](O)Cc1nnc(-c2ccc(F)cc2)o1. The monoisotopic (exact) mass is 528 g/mol. The number of aliphatic hydroxyl groups excluding tert-OH is 2. The molecule has 2 N–H and O–H groups in total. The second kappa shape index (κ2) is 11.9. The normalized spacial score (nSPS) is 13.5. The van der Waals surface area contributed by atoms with E-state index in [1.165, 1.54) is 24.3 Å². The van der Waals surface area contributed by atoms with Crippen molar-refractivity contribution in [2.75, 3.05) is 0 Å². The third kappa shape index (κ3) is 8.26. The lowest BCUT2D eigenvalue weighted by Crippen LogP contribution is -2.28. The molecule has 0 bridgehead atoms. The molecule has 2 aromatic carbocycles. The molecule has 2 heterocycles. The first-order valence-electron chi connectivity index (χ1n) is 12.2. The lowest BCUT2D eigenvalue weighted by atomic mass is 9.87. The molecule has 0 saturated carbocycles. The molecule has 2 atom stereocenters. The molecular formula is C28H34F2N4O4. The summed E-state index contributed by atoms with van der Waals surface area (Å²) in [6, 6.07) is 11.7. The van der Waals surface area contributed by atoms with Gasteiger partial charge in [-0.15, -0.1) is 20.4 Å². The van der Waals surface area contributed by atoms with E-state index < -0.39 is 12.2 Å². The molecule has 0 unspecified atom stereocenters. The van der Waals surface area contributed by atoms with Crippen molar-refractivity contribution < 1.29 is 27.8 Å². The summed E-state index contributed by atoms with van der Waals surface area (Å²) in [5.41, 5.74) is 0.824. The van der Waals surface area contributed by atoms with E-state index in [1.807, 2.05) is 41.5 Å². The van der Waals surface area contributed by atoms with Crippen LogP contribution in [0.3, 0.4) is 0 Å². The maximum absolute atomic E-state index is 12.8. The van der Waals surface area contributed by atoms with E-state index in [4.69, 9.17) is 8.83 Å². The van der Waals surface area contributed by atoms with Crippen molar-refractivity contribution in [3.63, 3.8) is 0 Å². The van der Waals surface area contributed by atoms with Gasteiger partial charge < -0.3 is 19.0 Å². The molecule has 0 aliphatic rings. The molecule has 8 nitrogen and oxygen atoms in total. The van der Waals surface area contributed by atoms with Gasteiger partial charge in [0.05, 0.1) is 25.0 Å². The number of aliphatic hydroxyl groups is 2. The zero-order valence-electron chi connectivity index (χ0n) is 22.4. The Kier molecular flexibility index (Phi) is 9.11. The van der Waals surface area contributed by atoms with Crippen molar-refractivity contribution >= 4 is 0 Å². The van der Waals surface area contributed by atoms with Crippen LogP contribution in [-0.4, -0.2) is 42.8 Å². The Morgan fingerprint density at radius 1 is 0.605 bits per heavy atom. The van der Waals surface area contributed by atoms with Gasteiger partial charge in [0.25, 0.3) is 0 Å². The predicted molar refractivity (Wildman–Crippen MR) is 138 cm³/mol. The Labute approximate surface area is 220 Å². The molecule has 4 aromatic rings. The predicted octanol–water partition coefficient (Wildman–Crippen LogP) is 5.65. The highest BCUT2D eigenvalue weighted by Gasteiger charge is 2.25. The summed E-state index contributed by atoms with van der Waals surface area (Å²) in [7, 11) is 0. The van der Waals surface area contributed by atoms with Gasteiger partial charge in [0.1, 0.15) is 11.6 Å². The Hall–Kier alpha value is -3.50. The average Bonchev–Trinajstić information content (AvgIpc) is 3.49. The highest BCUT2D eigenvalue weighted by Crippen LogP contribution is 2.25. The molecule has 0 amide bonds. The standard InChI is InChI=1S/2C14H17FN2O2/c2*1-14(2,3)11(18)8-12-16-17-13(19-12)9-4-6-10(15)7-5-9/h2*4-7,11,18H,8H2,1-3H3/t2*11-/m10/s1. The van der Waals surface area contributed by atoms with Crippen LogP contribution in [-0.2, 0) is 12.8 Å². The molecule has 0 saturated heterocycles. The van der Waals surface area contributed by atoms with E-state index in [0.717, 1.165) is 0 Å². The minimum absolute atomic E-state index is 0.246. The number of nitrogens with zero attached hydrogens (tertiary/aromatic N) is 4. The van der Waals surface area contributed by atoms with Gasteiger partial charge in [-0.3, -0.25) is 0 Å². The fraction of sp³-hybridized carbons (Fsp3) is 0.429. The largest absolute Gasteiger partial charge is 0.421 e. The zero-order chi connectivity index (χ0) is 28.1. The van der Waals surface area contributed by atoms with Crippen LogP contribution >= 0.6 is 0 Å². The summed E-state index contributed by atoms with van der Waals surface area (Å²) in [6.45, 7) is 11.6. The van der Waals surface area contributed by atoms with E-state index in [-0.39, 0.29) is 22.5 Å². The summed E-state index contributed by atoms with van der Waals surface area (Å²) in [5.74, 6) is 0.786. The summed E-state index contributed by atoms with van der Waals surface area (Å²) >= 11 is 0. The summed E-state index contributed by atoms with van der Waals surface area (Å²) in [4.78, 5) is 0. The second-order valence-corrected chi connectivity index (χ2v) is 11.2. The van der Waals surface area contributed by atoms with E-state index in [0.29, 0.717) is 47.5 Å². The number of halogens is 2. The second-order valence-electron chi connectivity index (χ2n) is 11.2. The van der Waals surface area contributed by atoms with Gasteiger partial charge in [-0.2, -0.15) is 0 Å². The Morgan fingerprint density at radius 3 is 1.21 bits per heavy atom. The molecule has 0 radical (unpaired) electrons. The van der Waals surface area contributed by atoms with Crippen molar-refractivity contribution in [2.45, 2.75) is 66.6 Å². The van der Waals surface area contributed by atoms with Crippen molar-refractivity contribution in [1.29, 1.82) is 0 Å². The maximum Gasteiger partial charge on any atom is 0.247 e. The highest BCUT2D eigenvalue weighted by atomic mass is 19.1. The van der Waals surface area contributed by atoms with E-state index in [9.17, 15) is 19.0 Å². The third-order valence-corrected chi connectivity index (χ3v) is 5.85. The van der Waals surface area contributed by atoms with Gasteiger partial charge in [-0.05, 0) is 59.4 Å². The molecular weight excluding hydrogens is 494 g/mol. The quantitative estimate of drug-likeness (QED) is 0.330. The fourth-order valence-corrected chi connectivity index (χ4v) is 3.03. The number of hydrogen-bond acceptors (Lipinski definition) is 8. The molecule has 10 heteroatoms. The van der Waals surface area contributed by atoms with E-state index in [2.05, 4.69) is 20.4 Å². The molecule has 4 rings (SSSR count). The van der Waals surface area contributed by atoms with E-state index in [1.54, 1.807) is 24.3 Å². The fourth-order valence-electron chi connectivity index (χ4n) is 3.03. The van der Waals surface area contributed by atoms with Crippen molar-refractivity contribution in [3.05, 3.63) is 71.9 Å². The van der Waals surface area contributed by atoms with E-state index >= 15 is 0 Å². The molecule has 0 aliphatic heterocycles. The van der Waals surface area contributed by atoms with Crippen LogP contribution in [0.2, 0.25) is 0 Å². The number of benzene rings is 2. The van der Waals surface area contributed by atoms with Gasteiger partial charge in [-0.25, -0.2) is 8.78 Å². The molecule has 0 aliphatic carbocycles. The summed E-state index contributed by atoms with van der Waals surface area (Å²) in [5, 5.41) is 35.6. The van der Waals surface area contributed by atoms with Crippen LogP contribution in [0, 0.1) is 22.5 Å². The number of aromatic nitrogens is 4. The molecule has 38 heavy (non-hydrogen) atoms. The summed E-state index contributed by atoms with van der Waals surface area (Å²) < 4.78 is 36.6. The van der Waals surface area contributed by atoms with Crippen molar-refractivity contribution in [2.24, 2.45) is 10.8 Å². The van der Waals surface area contributed by atoms with Crippen LogP contribution in [0.4, 0.5) is 8.78 Å². The van der Waals surface area contributed by atoms with Gasteiger partial charge in [0.2, 0.25) is 23.6 Å². The maximum atomic E-state index is 12.8. The van der Waals surface area contributed by atoms with Crippen LogP contribution < -0.4 is 0 Å². The smallest absolute Gasteiger partial charge is 0.247 e. The highest BCUT2D eigenvalue weighted by molar-refractivity contribution is 5.52. The Bertz CT molecular complexity index is 1190. The minimum atomic E-state index is -0.561. The van der Waals surface area contributed by atoms with Crippen molar-refractivity contribution in [1.82, 2.24) is 20.4 Å². The topological polar surface area (TPSA) is 118 Å². The third-order valence-electron chi connectivity index (χ3n) is 5.85. The van der Waals surface area contributed by atoms with Crippen LogP contribution in [0.25, 0.3) is 22.9 Å². The molecule has 2 aromatic heterocycles. The number of hydrogen-bond donors (Lipinski definition) is 2. The Balaban J connectivity index is 0.000000211.